The minimum absolute atomic E-state index is 0.118. The average Bonchev–Trinajstić information content (AvgIpc) is 3.00. The Morgan fingerprint density at radius 2 is 1.87 bits per heavy atom. The molecule has 0 unspecified atom stereocenters. The lowest BCUT2D eigenvalue weighted by atomic mass is 9.71. The van der Waals surface area contributed by atoms with E-state index >= 15 is 0 Å². The van der Waals surface area contributed by atoms with Crippen LogP contribution in [0.25, 0.3) is 0 Å². The lowest BCUT2D eigenvalue weighted by molar-refractivity contribution is -0.121. The van der Waals surface area contributed by atoms with Crippen molar-refractivity contribution in [3.63, 3.8) is 0 Å². The van der Waals surface area contributed by atoms with Crippen molar-refractivity contribution >= 4 is 29.3 Å². The number of benzene rings is 1. The Kier molecular flexibility index (Phi) is 5.65. The minimum Gasteiger partial charge on any atom is -0.274 e. The van der Waals surface area contributed by atoms with Gasteiger partial charge in [0.25, 0.3) is 0 Å². The molecule has 2 heterocycles. The van der Waals surface area contributed by atoms with Crippen LogP contribution in [0.15, 0.2) is 35.4 Å². The number of aryl methyl sites for hydroxylation is 2. The van der Waals surface area contributed by atoms with E-state index in [0.29, 0.717) is 22.2 Å². The molecule has 5 nitrogen and oxygen atoms in total. The highest BCUT2D eigenvalue weighted by molar-refractivity contribution is 8.00. The molecule has 0 N–H and O–H groups in total. The lowest BCUT2D eigenvalue weighted by Crippen LogP contribution is -2.31. The van der Waals surface area contributed by atoms with Crippen molar-refractivity contribution in [3.05, 3.63) is 52.7 Å². The number of nitrogens with zero attached hydrogens (tertiary/aromatic N) is 3. The van der Waals surface area contributed by atoms with Crippen molar-refractivity contribution in [2.45, 2.75) is 63.7 Å². The first kappa shape index (κ1) is 21.6. The van der Waals surface area contributed by atoms with E-state index in [0.717, 1.165) is 36.1 Å². The largest absolute Gasteiger partial charge is 0.274 e. The summed E-state index contributed by atoms with van der Waals surface area (Å²) in [4.78, 5) is 31.7. The molecule has 2 aromatic rings. The second kappa shape index (κ2) is 8.12. The SMILES string of the molecule is Cc1ccc(N2C(=O)C[C@H](Sc3nc4c(cc3C#N)C[C@@H](C(C)(C)C)CC4)C2=O)cc1. The van der Waals surface area contributed by atoms with E-state index in [1.807, 2.05) is 25.1 Å². The Morgan fingerprint density at radius 1 is 1.16 bits per heavy atom. The van der Waals surface area contributed by atoms with Crippen LogP contribution in [0.2, 0.25) is 0 Å². The van der Waals surface area contributed by atoms with Gasteiger partial charge in [-0.1, -0.05) is 50.2 Å². The molecule has 160 valence electrons. The van der Waals surface area contributed by atoms with Gasteiger partial charge in [0.15, 0.2) is 0 Å². The minimum atomic E-state index is -0.558. The molecule has 1 aromatic carbocycles. The molecule has 0 radical (unpaired) electrons. The Labute approximate surface area is 187 Å². The number of imide groups is 1. The number of aromatic nitrogens is 1. The average molecular weight is 434 g/mol. The van der Waals surface area contributed by atoms with Crippen molar-refractivity contribution in [2.24, 2.45) is 11.3 Å². The topological polar surface area (TPSA) is 74.1 Å². The molecule has 1 aliphatic carbocycles. The summed E-state index contributed by atoms with van der Waals surface area (Å²) in [6.45, 7) is 8.74. The van der Waals surface area contributed by atoms with Crippen LogP contribution in [-0.4, -0.2) is 22.0 Å². The fraction of sp³-hybridized carbons (Fsp3) is 0.440. The summed E-state index contributed by atoms with van der Waals surface area (Å²) in [6, 6.07) is 11.6. The highest BCUT2D eigenvalue weighted by Crippen LogP contribution is 2.40. The third-order valence-electron chi connectivity index (χ3n) is 6.35. The van der Waals surface area contributed by atoms with Gasteiger partial charge >= 0.3 is 0 Å². The van der Waals surface area contributed by atoms with Crippen molar-refractivity contribution in [2.75, 3.05) is 4.90 Å². The molecule has 0 spiro atoms. The van der Waals surface area contributed by atoms with E-state index in [-0.39, 0.29) is 23.7 Å². The van der Waals surface area contributed by atoms with Crippen molar-refractivity contribution < 1.29 is 9.59 Å². The van der Waals surface area contributed by atoms with Gasteiger partial charge in [0, 0.05) is 12.1 Å². The fourth-order valence-corrected chi connectivity index (χ4v) is 5.45. The van der Waals surface area contributed by atoms with Crippen LogP contribution >= 0.6 is 11.8 Å². The molecule has 0 bridgehead atoms. The Morgan fingerprint density at radius 3 is 2.52 bits per heavy atom. The third kappa shape index (κ3) is 4.24. The number of carbonyl (C=O) groups excluding carboxylic acids is 2. The smallest absolute Gasteiger partial charge is 0.247 e. The molecule has 31 heavy (non-hydrogen) atoms. The van der Waals surface area contributed by atoms with Gasteiger partial charge < -0.3 is 0 Å². The highest BCUT2D eigenvalue weighted by atomic mass is 32.2. The molecular weight excluding hydrogens is 406 g/mol. The summed E-state index contributed by atoms with van der Waals surface area (Å²) >= 11 is 1.25. The van der Waals surface area contributed by atoms with Crippen molar-refractivity contribution in [1.82, 2.24) is 4.98 Å². The molecule has 2 amide bonds. The number of anilines is 1. The molecule has 1 aromatic heterocycles. The maximum absolute atomic E-state index is 13.0. The van der Waals surface area contributed by atoms with E-state index < -0.39 is 5.25 Å². The first-order valence-corrected chi connectivity index (χ1v) is 11.6. The van der Waals surface area contributed by atoms with Crippen LogP contribution in [0.3, 0.4) is 0 Å². The summed E-state index contributed by atoms with van der Waals surface area (Å²) in [6.07, 6.45) is 2.99. The summed E-state index contributed by atoms with van der Waals surface area (Å²) < 4.78 is 0. The molecule has 4 rings (SSSR count). The number of pyridine rings is 1. The van der Waals surface area contributed by atoms with Crippen LogP contribution < -0.4 is 4.90 Å². The van der Waals surface area contributed by atoms with E-state index in [1.54, 1.807) is 12.1 Å². The van der Waals surface area contributed by atoms with E-state index in [2.05, 4.69) is 26.8 Å². The predicted molar refractivity (Wildman–Crippen MR) is 122 cm³/mol. The third-order valence-corrected chi connectivity index (χ3v) is 7.54. The monoisotopic (exact) mass is 433 g/mol. The van der Waals surface area contributed by atoms with Gasteiger partial charge in [-0.25, -0.2) is 9.88 Å². The predicted octanol–water partition coefficient (Wildman–Crippen LogP) is 4.84. The van der Waals surface area contributed by atoms with Gasteiger partial charge in [0.1, 0.15) is 11.1 Å². The molecule has 1 fully saturated rings. The first-order valence-electron chi connectivity index (χ1n) is 10.7. The van der Waals surface area contributed by atoms with Crippen LogP contribution in [0.1, 0.15) is 56.0 Å². The lowest BCUT2D eigenvalue weighted by Gasteiger charge is -2.34. The van der Waals surface area contributed by atoms with Crippen LogP contribution in [0, 0.1) is 29.6 Å². The summed E-state index contributed by atoms with van der Waals surface area (Å²) in [5.74, 6) is 0.106. The Hall–Kier alpha value is -2.65. The molecule has 6 heteroatoms. The number of nitriles is 1. The maximum atomic E-state index is 13.0. The van der Waals surface area contributed by atoms with E-state index in [1.165, 1.54) is 16.7 Å². The molecule has 2 aliphatic rings. The molecule has 2 atom stereocenters. The number of fused-ring (bicyclic) bond motifs is 1. The number of rotatable bonds is 3. The Balaban J connectivity index is 1.57. The zero-order chi connectivity index (χ0) is 22.3. The standard InChI is InChI=1S/C25H27N3O2S/c1-15-5-8-19(9-6-15)28-22(29)13-21(24(28)30)31-23-17(14-26)11-16-12-18(25(2,3)4)7-10-20(16)27-23/h5-6,8-9,11,18,21H,7,10,12-13H2,1-4H3/t18-,21-/m0/s1. The van der Waals surface area contributed by atoms with E-state index in [4.69, 9.17) is 4.98 Å². The number of hydrogen-bond acceptors (Lipinski definition) is 5. The van der Waals surface area contributed by atoms with Gasteiger partial charge in [0.05, 0.1) is 16.5 Å². The molecule has 0 saturated carbocycles. The van der Waals surface area contributed by atoms with Gasteiger partial charge in [0.2, 0.25) is 11.8 Å². The summed E-state index contributed by atoms with van der Waals surface area (Å²) in [5, 5.41) is 9.73. The number of amides is 2. The second-order valence-electron chi connectivity index (χ2n) is 9.58. The fourth-order valence-electron chi connectivity index (χ4n) is 4.35. The zero-order valence-electron chi connectivity index (χ0n) is 18.4. The van der Waals surface area contributed by atoms with Gasteiger partial charge in [-0.15, -0.1) is 0 Å². The van der Waals surface area contributed by atoms with Gasteiger partial charge in [-0.3, -0.25) is 9.59 Å². The zero-order valence-corrected chi connectivity index (χ0v) is 19.3. The summed E-state index contributed by atoms with van der Waals surface area (Å²) in [5.41, 5.74) is 4.53. The molecular formula is C25H27N3O2S. The first-order chi connectivity index (χ1) is 14.7. The Bertz CT molecular complexity index is 1080. The van der Waals surface area contributed by atoms with Crippen LogP contribution in [0.5, 0.6) is 0 Å². The quantitative estimate of drug-likeness (QED) is 0.648. The molecule has 1 aliphatic heterocycles. The maximum Gasteiger partial charge on any atom is 0.247 e. The van der Waals surface area contributed by atoms with Crippen molar-refractivity contribution in [1.29, 1.82) is 5.26 Å². The number of carbonyl (C=O) groups is 2. The second-order valence-corrected chi connectivity index (χ2v) is 10.8. The van der Waals surface area contributed by atoms with Gasteiger partial charge in [-0.05, 0) is 61.3 Å². The van der Waals surface area contributed by atoms with Crippen LogP contribution in [-0.2, 0) is 22.4 Å². The van der Waals surface area contributed by atoms with Crippen molar-refractivity contribution in [3.8, 4) is 6.07 Å². The van der Waals surface area contributed by atoms with Crippen LogP contribution in [0.4, 0.5) is 5.69 Å². The highest BCUT2D eigenvalue weighted by Gasteiger charge is 2.41. The molecule has 1 saturated heterocycles. The van der Waals surface area contributed by atoms with E-state index in [9.17, 15) is 14.9 Å². The number of hydrogen-bond donors (Lipinski definition) is 0. The number of thioether (sulfide) groups is 1. The normalized spacial score (nSPS) is 21.2. The van der Waals surface area contributed by atoms with Gasteiger partial charge in [-0.2, -0.15) is 5.26 Å². The summed E-state index contributed by atoms with van der Waals surface area (Å²) in [7, 11) is 0.